The molecule has 0 bridgehead atoms. The molecule has 0 nitrogen and oxygen atoms in total. The van der Waals surface area contributed by atoms with Crippen LogP contribution in [0.5, 0.6) is 0 Å². The molecule has 0 radical (unpaired) electrons. The molecule has 2 aliphatic carbocycles. The van der Waals surface area contributed by atoms with Gasteiger partial charge < -0.3 is 0 Å². The molecule has 0 saturated carbocycles. The molecule has 0 amide bonds. The van der Waals surface area contributed by atoms with E-state index in [1.54, 1.807) is 0 Å². The Bertz CT molecular complexity index is 456. The van der Waals surface area contributed by atoms with E-state index in [1.165, 1.54) is 23.8 Å². The molecule has 2 aliphatic rings. The van der Waals surface area contributed by atoms with Gasteiger partial charge in [0.1, 0.15) is 12.0 Å². The van der Waals surface area contributed by atoms with E-state index >= 15 is 0 Å². The van der Waals surface area contributed by atoms with E-state index in [2.05, 4.69) is 13.0 Å². The van der Waals surface area contributed by atoms with Gasteiger partial charge in [-0.1, -0.05) is 56.1 Å². The van der Waals surface area contributed by atoms with Gasteiger partial charge >= 0.3 is 0 Å². The monoisotopic (exact) mass is 278 g/mol. The van der Waals surface area contributed by atoms with Crippen LogP contribution in [0.4, 0.5) is 8.78 Å². The molecule has 2 rings (SSSR count). The van der Waals surface area contributed by atoms with Crippen molar-refractivity contribution in [2.24, 2.45) is 11.3 Å². The van der Waals surface area contributed by atoms with Gasteiger partial charge in [-0.05, 0) is 37.8 Å². The zero-order chi connectivity index (χ0) is 14.6. The maximum absolute atomic E-state index is 14.6. The highest BCUT2D eigenvalue weighted by Crippen LogP contribution is 2.51. The fraction of sp³-hybridized carbons (Fsp3) is 0.556. The first-order valence-corrected chi connectivity index (χ1v) is 7.64. The minimum Gasteiger partial charge on any atom is -0.242 e. The Hall–Kier alpha value is -1.18. The number of rotatable bonds is 5. The van der Waals surface area contributed by atoms with Crippen molar-refractivity contribution in [3.05, 3.63) is 47.9 Å². The summed E-state index contributed by atoms with van der Waals surface area (Å²) < 4.78 is 29.2. The maximum Gasteiger partial charge on any atom is 0.131 e. The smallest absolute Gasteiger partial charge is 0.131 e. The number of allylic oxidation sites excluding steroid dienone is 8. The highest BCUT2D eigenvalue weighted by atomic mass is 19.1. The summed E-state index contributed by atoms with van der Waals surface area (Å²) in [5, 5.41) is 0. The van der Waals surface area contributed by atoms with E-state index in [4.69, 9.17) is 0 Å². The molecule has 110 valence electrons. The summed E-state index contributed by atoms with van der Waals surface area (Å²) in [4.78, 5) is 0. The summed E-state index contributed by atoms with van der Waals surface area (Å²) in [7, 11) is 0. The van der Waals surface area contributed by atoms with Gasteiger partial charge in [-0.3, -0.25) is 0 Å². The Morgan fingerprint density at radius 1 is 1.30 bits per heavy atom. The van der Waals surface area contributed by atoms with Gasteiger partial charge in [-0.25, -0.2) is 8.78 Å². The highest BCUT2D eigenvalue weighted by molar-refractivity contribution is 5.32. The Morgan fingerprint density at radius 2 is 2.10 bits per heavy atom. The van der Waals surface area contributed by atoms with Crippen LogP contribution in [0.15, 0.2) is 47.9 Å². The van der Waals surface area contributed by atoms with E-state index < -0.39 is 11.6 Å². The topological polar surface area (TPSA) is 0 Å². The summed E-state index contributed by atoms with van der Waals surface area (Å²) in [5.74, 6) is -0.370. The van der Waals surface area contributed by atoms with Crippen molar-refractivity contribution >= 4 is 0 Å². The molecule has 0 aromatic rings. The Kier molecular flexibility index (Phi) is 4.95. The number of halogens is 2. The van der Waals surface area contributed by atoms with Gasteiger partial charge in [0.25, 0.3) is 0 Å². The molecule has 0 N–H and O–H groups in total. The second-order valence-electron chi connectivity index (χ2n) is 5.95. The second kappa shape index (κ2) is 6.51. The molecular formula is C18H24F2. The largest absolute Gasteiger partial charge is 0.242 e. The zero-order valence-electron chi connectivity index (χ0n) is 12.4. The third-order valence-electron chi connectivity index (χ3n) is 4.60. The van der Waals surface area contributed by atoms with E-state index in [1.807, 2.05) is 19.1 Å². The van der Waals surface area contributed by atoms with Crippen molar-refractivity contribution in [2.75, 3.05) is 0 Å². The predicted octanol–water partition coefficient (Wildman–Crippen LogP) is 5.84. The normalized spacial score (nSPS) is 33.0. The van der Waals surface area contributed by atoms with Crippen molar-refractivity contribution in [3.8, 4) is 0 Å². The summed E-state index contributed by atoms with van der Waals surface area (Å²) in [6, 6.07) is 0. The summed E-state index contributed by atoms with van der Waals surface area (Å²) >= 11 is 0. The van der Waals surface area contributed by atoms with Crippen LogP contribution in [0.25, 0.3) is 0 Å². The quantitative estimate of drug-likeness (QED) is 0.554. The van der Waals surface area contributed by atoms with E-state index in [0.717, 1.165) is 25.7 Å². The van der Waals surface area contributed by atoms with Crippen LogP contribution in [0, 0.1) is 11.3 Å². The molecule has 0 aromatic carbocycles. The fourth-order valence-electron chi connectivity index (χ4n) is 3.30. The van der Waals surface area contributed by atoms with Crippen molar-refractivity contribution in [3.63, 3.8) is 0 Å². The first-order chi connectivity index (χ1) is 9.61. The van der Waals surface area contributed by atoms with Gasteiger partial charge in [0.05, 0.1) is 5.41 Å². The van der Waals surface area contributed by atoms with E-state index in [0.29, 0.717) is 6.42 Å². The van der Waals surface area contributed by atoms with Crippen molar-refractivity contribution in [2.45, 2.75) is 52.1 Å². The second-order valence-corrected chi connectivity index (χ2v) is 5.95. The molecular weight excluding hydrogens is 254 g/mol. The zero-order valence-corrected chi connectivity index (χ0v) is 12.4. The molecule has 3 unspecified atom stereocenters. The maximum atomic E-state index is 14.6. The number of hydrogen-bond acceptors (Lipinski definition) is 0. The van der Waals surface area contributed by atoms with E-state index in [9.17, 15) is 8.78 Å². The predicted molar refractivity (Wildman–Crippen MR) is 80.8 cm³/mol. The molecule has 0 spiro atoms. The summed E-state index contributed by atoms with van der Waals surface area (Å²) in [5.41, 5.74) is 0.188. The van der Waals surface area contributed by atoms with Crippen LogP contribution in [-0.2, 0) is 0 Å². The van der Waals surface area contributed by atoms with E-state index in [-0.39, 0.29) is 11.7 Å². The first-order valence-electron chi connectivity index (χ1n) is 7.64. The van der Waals surface area contributed by atoms with Gasteiger partial charge in [0, 0.05) is 0 Å². The molecule has 2 heteroatoms. The molecule has 0 saturated heterocycles. The van der Waals surface area contributed by atoms with Crippen LogP contribution in [-0.4, -0.2) is 6.17 Å². The Labute approximate surface area is 121 Å². The lowest BCUT2D eigenvalue weighted by atomic mass is 9.64. The molecule has 0 fully saturated rings. The van der Waals surface area contributed by atoms with Crippen LogP contribution in [0.2, 0.25) is 0 Å². The standard InChI is InChI=1S/C18H24F2/c1-3-4-5-13-18(15-11-9-14(2)10-12-15)16(19)7-6-8-17(18)20/h6-11,15-16H,3-5,12-13H2,1-2H3. The fourth-order valence-corrected chi connectivity index (χ4v) is 3.30. The van der Waals surface area contributed by atoms with Crippen molar-refractivity contribution < 1.29 is 8.78 Å². The van der Waals surface area contributed by atoms with Crippen LogP contribution in [0.3, 0.4) is 0 Å². The summed E-state index contributed by atoms with van der Waals surface area (Å²) in [6.45, 7) is 4.13. The molecule has 20 heavy (non-hydrogen) atoms. The lowest BCUT2D eigenvalue weighted by Crippen LogP contribution is -2.40. The van der Waals surface area contributed by atoms with Gasteiger partial charge in [0.2, 0.25) is 0 Å². The minimum atomic E-state index is -1.23. The average molecular weight is 278 g/mol. The number of hydrogen-bond donors (Lipinski definition) is 0. The number of unbranched alkanes of at least 4 members (excludes halogenated alkanes) is 2. The first kappa shape index (κ1) is 15.2. The minimum absolute atomic E-state index is 0.0840. The van der Waals surface area contributed by atoms with Gasteiger partial charge in [0.15, 0.2) is 0 Å². The third-order valence-corrected chi connectivity index (χ3v) is 4.60. The highest BCUT2D eigenvalue weighted by Gasteiger charge is 2.48. The SMILES string of the molecule is CCCCCC1(C2C=CC(C)=CC2)C(F)=CC=CC1F. The molecule has 3 atom stereocenters. The molecule has 0 aromatic heterocycles. The van der Waals surface area contributed by atoms with Gasteiger partial charge in [-0.15, -0.1) is 0 Å². The lowest BCUT2D eigenvalue weighted by Gasteiger charge is -2.42. The Balaban J connectivity index is 2.27. The summed E-state index contributed by atoms with van der Waals surface area (Å²) in [6.07, 6.45) is 13.6. The van der Waals surface area contributed by atoms with Crippen molar-refractivity contribution in [1.29, 1.82) is 0 Å². The molecule has 0 heterocycles. The molecule has 0 aliphatic heterocycles. The van der Waals surface area contributed by atoms with Crippen LogP contribution in [0.1, 0.15) is 46.0 Å². The third kappa shape index (κ3) is 2.79. The average Bonchev–Trinajstić information content (AvgIpc) is 2.44. The van der Waals surface area contributed by atoms with Crippen molar-refractivity contribution in [1.82, 2.24) is 0 Å². The Morgan fingerprint density at radius 3 is 2.70 bits per heavy atom. The van der Waals surface area contributed by atoms with Crippen LogP contribution >= 0.6 is 0 Å². The number of alkyl halides is 1. The van der Waals surface area contributed by atoms with Gasteiger partial charge in [-0.2, -0.15) is 0 Å². The lowest BCUT2D eigenvalue weighted by molar-refractivity contribution is 0.0862. The van der Waals surface area contributed by atoms with Crippen LogP contribution < -0.4 is 0 Å².